The van der Waals surface area contributed by atoms with E-state index in [1.165, 1.54) is 35.7 Å². The molecule has 5 nitrogen and oxygen atoms in total. The summed E-state index contributed by atoms with van der Waals surface area (Å²) in [5.41, 5.74) is 0. The lowest BCUT2D eigenvalue weighted by molar-refractivity contribution is -0.127. The van der Waals surface area contributed by atoms with Crippen LogP contribution in [0.5, 0.6) is 0 Å². The molecule has 3 aliphatic rings. The van der Waals surface area contributed by atoms with Gasteiger partial charge in [-0.1, -0.05) is 18.0 Å². The average molecular weight is 397 g/mol. The quantitative estimate of drug-likeness (QED) is 0.850. The highest BCUT2D eigenvalue weighted by Crippen LogP contribution is 2.44. The zero-order chi connectivity index (χ0) is 18.3. The van der Waals surface area contributed by atoms with Gasteiger partial charge in [-0.25, -0.2) is 8.42 Å². The lowest BCUT2D eigenvalue weighted by Gasteiger charge is -2.32. The largest absolute Gasteiger partial charge is 0.353 e. The molecule has 2 saturated carbocycles. The third-order valence-electron chi connectivity index (χ3n) is 6.34. The van der Waals surface area contributed by atoms with Gasteiger partial charge in [-0.15, -0.1) is 0 Å². The van der Waals surface area contributed by atoms with E-state index in [2.05, 4.69) is 5.32 Å². The number of carbonyl (C=O) groups excluding carboxylic acids is 1. The highest BCUT2D eigenvalue weighted by molar-refractivity contribution is 7.89. The molecule has 0 spiro atoms. The predicted molar refractivity (Wildman–Crippen MR) is 100 cm³/mol. The van der Waals surface area contributed by atoms with Crippen LogP contribution in [0.2, 0.25) is 5.02 Å². The Kier molecular flexibility index (Phi) is 5.01. The van der Waals surface area contributed by atoms with E-state index in [0.717, 1.165) is 12.3 Å². The maximum absolute atomic E-state index is 12.7. The van der Waals surface area contributed by atoms with Crippen LogP contribution in [0.25, 0.3) is 0 Å². The monoisotopic (exact) mass is 396 g/mol. The molecular weight excluding hydrogens is 372 g/mol. The van der Waals surface area contributed by atoms with Crippen molar-refractivity contribution in [1.29, 1.82) is 0 Å². The van der Waals surface area contributed by atoms with E-state index in [1.807, 2.05) is 0 Å². The van der Waals surface area contributed by atoms with E-state index in [4.69, 9.17) is 11.6 Å². The van der Waals surface area contributed by atoms with Crippen LogP contribution in [0.15, 0.2) is 29.2 Å². The Morgan fingerprint density at radius 3 is 2.31 bits per heavy atom. The Morgan fingerprint density at radius 2 is 1.73 bits per heavy atom. The molecule has 1 aliphatic heterocycles. The van der Waals surface area contributed by atoms with Gasteiger partial charge in [0.05, 0.1) is 4.90 Å². The molecule has 26 heavy (non-hydrogen) atoms. The first-order chi connectivity index (χ1) is 12.4. The van der Waals surface area contributed by atoms with Gasteiger partial charge in [-0.2, -0.15) is 4.31 Å². The lowest BCUT2D eigenvalue weighted by atomic mass is 9.93. The van der Waals surface area contributed by atoms with E-state index >= 15 is 0 Å². The third-order valence-corrected chi connectivity index (χ3v) is 8.51. The summed E-state index contributed by atoms with van der Waals surface area (Å²) >= 11 is 5.84. The van der Waals surface area contributed by atoms with Gasteiger partial charge in [0.2, 0.25) is 15.9 Å². The number of nitrogens with zero attached hydrogens (tertiary/aromatic N) is 1. The topological polar surface area (TPSA) is 66.5 Å². The maximum Gasteiger partial charge on any atom is 0.243 e. The fourth-order valence-electron chi connectivity index (χ4n) is 4.84. The Balaban J connectivity index is 1.33. The number of piperidine rings is 1. The van der Waals surface area contributed by atoms with Crippen molar-refractivity contribution >= 4 is 27.5 Å². The summed E-state index contributed by atoms with van der Waals surface area (Å²) in [4.78, 5) is 12.9. The molecule has 3 fully saturated rings. The van der Waals surface area contributed by atoms with E-state index in [-0.39, 0.29) is 16.7 Å². The minimum Gasteiger partial charge on any atom is -0.353 e. The first kappa shape index (κ1) is 18.3. The van der Waals surface area contributed by atoms with Crippen molar-refractivity contribution in [1.82, 2.24) is 9.62 Å². The van der Waals surface area contributed by atoms with E-state index in [0.29, 0.717) is 42.9 Å². The molecule has 7 heteroatoms. The van der Waals surface area contributed by atoms with Gasteiger partial charge in [0.1, 0.15) is 0 Å². The molecule has 0 aromatic heterocycles. The standard InChI is InChI=1S/C19H25ClN2O3S/c20-16-3-5-17(6-4-16)26(24,25)22-9-7-14(8-10-22)19(23)21-18-12-13-1-2-15(18)11-13/h3-6,13-15,18H,1-2,7-12H2,(H,21,23)/t13-,15-,18-/m0/s1. The van der Waals surface area contributed by atoms with Gasteiger partial charge in [0, 0.05) is 30.1 Å². The summed E-state index contributed by atoms with van der Waals surface area (Å²) in [5.74, 6) is 1.50. The molecule has 2 aliphatic carbocycles. The van der Waals surface area contributed by atoms with Crippen molar-refractivity contribution < 1.29 is 13.2 Å². The summed E-state index contributed by atoms with van der Waals surface area (Å²) in [7, 11) is -3.51. The van der Waals surface area contributed by atoms with Crippen LogP contribution >= 0.6 is 11.6 Å². The number of nitrogens with one attached hydrogen (secondary N) is 1. The van der Waals surface area contributed by atoms with Gasteiger partial charge in [0.15, 0.2) is 0 Å². The fraction of sp³-hybridized carbons (Fsp3) is 0.632. The average Bonchev–Trinajstić information content (AvgIpc) is 3.25. The number of sulfonamides is 1. The highest BCUT2D eigenvalue weighted by Gasteiger charge is 2.41. The molecule has 4 rings (SSSR count). The van der Waals surface area contributed by atoms with Crippen LogP contribution in [-0.2, 0) is 14.8 Å². The van der Waals surface area contributed by atoms with Crippen LogP contribution in [0, 0.1) is 17.8 Å². The molecule has 3 atom stereocenters. The first-order valence-corrected chi connectivity index (χ1v) is 11.3. The van der Waals surface area contributed by atoms with Crippen LogP contribution in [0.4, 0.5) is 0 Å². The number of amides is 1. The van der Waals surface area contributed by atoms with Gasteiger partial charge in [0.25, 0.3) is 0 Å². The van der Waals surface area contributed by atoms with Crippen molar-refractivity contribution in [2.45, 2.75) is 49.5 Å². The van der Waals surface area contributed by atoms with Crippen molar-refractivity contribution in [2.24, 2.45) is 17.8 Å². The van der Waals surface area contributed by atoms with Crippen molar-refractivity contribution in [3.63, 3.8) is 0 Å². The van der Waals surface area contributed by atoms with Gasteiger partial charge in [-0.05, 0) is 68.2 Å². The summed E-state index contributed by atoms with van der Waals surface area (Å²) < 4.78 is 26.9. The second-order valence-electron chi connectivity index (χ2n) is 7.92. The van der Waals surface area contributed by atoms with Crippen LogP contribution in [0.1, 0.15) is 38.5 Å². The van der Waals surface area contributed by atoms with Crippen molar-refractivity contribution in [3.8, 4) is 0 Å². The maximum atomic E-state index is 12.7. The lowest BCUT2D eigenvalue weighted by Crippen LogP contribution is -2.46. The molecule has 1 aromatic carbocycles. The highest BCUT2D eigenvalue weighted by atomic mass is 35.5. The van der Waals surface area contributed by atoms with Crippen LogP contribution in [0.3, 0.4) is 0 Å². The Morgan fingerprint density at radius 1 is 1.04 bits per heavy atom. The molecule has 1 saturated heterocycles. The second kappa shape index (κ2) is 7.13. The minimum absolute atomic E-state index is 0.0780. The molecule has 1 N–H and O–H groups in total. The number of fused-ring (bicyclic) bond motifs is 2. The summed E-state index contributed by atoms with van der Waals surface area (Å²) in [5, 5.41) is 3.76. The Labute approximate surface area is 160 Å². The Bertz CT molecular complexity index is 772. The summed E-state index contributed by atoms with van der Waals surface area (Å²) in [6, 6.07) is 6.59. The number of hydrogen-bond donors (Lipinski definition) is 1. The second-order valence-corrected chi connectivity index (χ2v) is 10.3. The molecule has 1 heterocycles. The minimum atomic E-state index is -3.51. The number of benzene rings is 1. The zero-order valence-corrected chi connectivity index (χ0v) is 16.3. The SMILES string of the molecule is O=C(N[C@H]1C[C@H]2CC[C@H]1C2)C1CCN(S(=O)(=O)c2ccc(Cl)cc2)CC1. The van der Waals surface area contributed by atoms with Gasteiger partial charge < -0.3 is 5.32 Å². The Hall–Kier alpha value is -1.11. The van der Waals surface area contributed by atoms with Crippen molar-refractivity contribution in [2.75, 3.05) is 13.1 Å². The summed E-state index contributed by atoms with van der Waals surface area (Å²) in [6.45, 7) is 0.777. The molecule has 142 valence electrons. The fourth-order valence-corrected chi connectivity index (χ4v) is 6.43. The third kappa shape index (κ3) is 3.51. The molecule has 0 radical (unpaired) electrons. The molecule has 1 amide bonds. The van der Waals surface area contributed by atoms with E-state index in [9.17, 15) is 13.2 Å². The zero-order valence-electron chi connectivity index (χ0n) is 14.7. The number of hydrogen-bond acceptors (Lipinski definition) is 3. The van der Waals surface area contributed by atoms with Crippen LogP contribution < -0.4 is 5.32 Å². The molecule has 2 bridgehead atoms. The van der Waals surface area contributed by atoms with E-state index in [1.54, 1.807) is 12.1 Å². The molecular formula is C19H25ClN2O3S. The first-order valence-electron chi connectivity index (χ1n) is 9.49. The van der Waals surface area contributed by atoms with Crippen LogP contribution in [-0.4, -0.2) is 37.8 Å². The molecule has 1 aromatic rings. The number of halogens is 1. The summed E-state index contributed by atoms with van der Waals surface area (Å²) in [6.07, 6.45) is 6.12. The smallest absolute Gasteiger partial charge is 0.243 e. The normalized spacial score (nSPS) is 29.8. The van der Waals surface area contributed by atoms with Gasteiger partial charge in [-0.3, -0.25) is 4.79 Å². The number of carbonyl (C=O) groups is 1. The predicted octanol–water partition coefficient (Wildman–Crippen LogP) is 3.05. The van der Waals surface area contributed by atoms with Gasteiger partial charge >= 0.3 is 0 Å². The number of rotatable bonds is 4. The van der Waals surface area contributed by atoms with Crippen molar-refractivity contribution in [3.05, 3.63) is 29.3 Å². The molecule has 0 unspecified atom stereocenters. The van der Waals surface area contributed by atoms with E-state index < -0.39 is 10.0 Å².